The molecule has 3 rings (SSSR count). The Labute approximate surface area is 157 Å². The van der Waals surface area contributed by atoms with Gasteiger partial charge < -0.3 is 16.9 Å². The number of nitrogens with zero attached hydrogens (tertiary/aromatic N) is 2. The van der Waals surface area contributed by atoms with Gasteiger partial charge in [0.15, 0.2) is 0 Å². The van der Waals surface area contributed by atoms with E-state index in [-0.39, 0.29) is 5.48 Å². The van der Waals surface area contributed by atoms with Crippen LogP contribution in [0.15, 0.2) is 21.1 Å². The lowest BCUT2D eigenvalue weighted by Gasteiger charge is -2.08. The van der Waals surface area contributed by atoms with Gasteiger partial charge in [0.25, 0.3) is 0 Å². The second-order valence-corrected chi connectivity index (χ2v) is 7.12. The Kier molecular flexibility index (Phi) is 6.76. The third kappa shape index (κ3) is 3.88. The standard InChI is InChI=1S/C8H8BrN3.C8H11BrN2.H2O/c1-4-5(2)8-7(3-6(4)9)10-12-11-8;1-4-5(2)8(11)7(10)3-6(4)9;/h3H,1-2H3,(H,10,11,12);3H,10-11H2,1-2H3;1H2. The van der Waals surface area contributed by atoms with E-state index in [1.54, 1.807) is 0 Å². The highest BCUT2D eigenvalue weighted by atomic mass is 79.9. The van der Waals surface area contributed by atoms with Gasteiger partial charge in [-0.1, -0.05) is 31.9 Å². The first-order valence-corrected chi connectivity index (χ1v) is 8.59. The highest BCUT2D eigenvalue weighted by molar-refractivity contribution is 9.10. The van der Waals surface area contributed by atoms with Gasteiger partial charge in [0, 0.05) is 8.95 Å². The van der Waals surface area contributed by atoms with Crippen LogP contribution < -0.4 is 11.5 Å². The molecule has 0 radical (unpaired) electrons. The number of nitrogen functional groups attached to an aromatic ring is 2. The molecule has 2 aromatic carbocycles. The second kappa shape index (κ2) is 7.96. The van der Waals surface area contributed by atoms with Gasteiger partial charge in [-0.3, -0.25) is 0 Å². The van der Waals surface area contributed by atoms with Crippen LogP contribution in [0.5, 0.6) is 0 Å². The number of anilines is 2. The molecule has 0 unspecified atom stereocenters. The van der Waals surface area contributed by atoms with Crippen molar-refractivity contribution >= 4 is 54.3 Å². The van der Waals surface area contributed by atoms with E-state index in [0.29, 0.717) is 11.4 Å². The smallest absolute Gasteiger partial charge is 0.116 e. The first kappa shape index (κ1) is 20.4. The Morgan fingerprint density at radius 1 is 0.833 bits per heavy atom. The predicted molar refractivity (Wildman–Crippen MR) is 107 cm³/mol. The quantitative estimate of drug-likeness (QED) is 0.443. The van der Waals surface area contributed by atoms with Crippen molar-refractivity contribution < 1.29 is 5.48 Å². The molecule has 1 heterocycles. The maximum atomic E-state index is 5.71. The summed E-state index contributed by atoms with van der Waals surface area (Å²) in [5.74, 6) is 0. The molecular weight excluding hydrogens is 438 g/mol. The molecule has 0 aliphatic heterocycles. The van der Waals surface area contributed by atoms with E-state index in [1.807, 2.05) is 32.9 Å². The minimum Gasteiger partial charge on any atom is -0.412 e. The molecular formula is C16H21Br2N5O. The average Bonchev–Trinajstić information content (AvgIpc) is 2.98. The number of fused-ring (bicyclic) bond motifs is 1. The molecule has 0 fully saturated rings. The number of aryl methyl sites for hydroxylation is 1. The maximum absolute atomic E-state index is 5.71. The van der Waals surface area contributed by atoms with Crippen molar-refractivity contribution in [3.05, 3.63) is 43.3 Å². The lowest BCUT2D eigenvalue weighted by atomic mass is 10.1. The van der Waals surface area contributed by atoms with E-state index in [9.17, 15) is 0 Å². The summed E-state index contributed by atoms with van der Waals surface area (Å²) >= 11 is 6.87. The number of hydrogen-bond donors (Lipinski definition) is 3. The van der Waals surface area contributed by atoms with Gasteiger partial charge in [-0.25, -0.2) is 0 Å². The summed E-state index contributed by atoms with van der Waals surface area (Å²) in [6.07, 6.45) is 0. The lowest BCUT2D eigenvalue weighted by molar-refractivity contribution is 0.824. The second-order valence-electron chi connectivity index (χ2n) is 5.41. The summed E-state index contributed by atoms with van der Waals surface area (Å²) in [4.78, 5) is 0. The van der Waals surface area contributed by atoms with Crippen LogP contribution in [-0.4, -0.2) is 20.9 Å². The van der Waals surface area contributed by atoms with Crippen LogP contribution in [0, 0.1) is 27.7 Å². The fourth-order valence-corrected chi connectivity index (χ4v) is 3.18. The summed E-state index contributed by atoms with van der Waals surface area (Å²) < 4.78 is 2.10. The number of halogens is 2. The molecule has 0 saturated heterocycles. The summed E-state index contributed by atoms with van der Waals surface area (Å²) in [5, 5.41) is 10.7. The molecule has 0 bridgehead atoms. The van der Waals surface area contributed by atoms with Crippen LogP contribution in [0.1, 0.15) is 22.3 Å². The zero-order valence-corrected chi connectivity index (χ0v) is 17.1. The van der Waals surface area contributed by atoms with E-state index in [2.05, 4.69) is 54.2 Å². The van der Waals surface area contributed by atoms with Crippen molar-refractivity contribution in [1.82, 2.24) is 15.4 Å². The van der Waals surface area contributed by atoms with Gasteiger partial charge in [-0.15, -0.1) is 0 Å². The highest BCUT2D eigenvalue weighted by Crippen LogP contribution is 2.29. The number of aromatic amines is 1. The third-order valence-electron chi connectivity index (χ3n) is 4.03. The molecule has 8 heteroatoms. The van der Waals surface area contributed by atoms with Crippen LogP contribution >= 0.6 is 31.9 Å². The molecule has 0 spiro atoms. The summed E-state index contributed by atoms with van der Waals surface area (Å²) in [7, 11) is 0. The molecule has 7 N–H and O–H groups in total. The number of nitrogens with one attached hydrogen (secondary N) is 1. The monoisotopic (exact) mass is 457 g/mol. The maximum Gasteiger partial charge on any atom is 0.116 e. The summed E-state index contributed by atoms with van der Waals surface area (Å²) in [6, 6.07) is 3.80. The number of rotatable bonds is 0. The number of aromatic nitrogens is 3. The number of hydrogen-bond acceptors (Lipinski definition) is 4. The highest BCUT2D eigenvalue weighted by Gasteiger charge is 2.07. The Morgan fingerprint density at radius 3 is 2.00 bits per heavy atom. The lowest BCUT2D eigenvalue weighted by Crippen LogP contribution is -1.99. The third-order valence-corrected chi connectivity index (χ3v) is 5.68. The Balaban J connectivity index is 0.000000232. The molecule has 0 amide bonds. The van der Waals surface area contributed by atoms with E-state index in [1.165, 1.54) is 11.1 Å². The Morgan fingerprint density at radius 2 is 1.38 bits per heavy atom. The van der Waals surface area contributed by atoms with Crippen LogP contribution in [0.25, 0.3) is 11.0 Å². The van der Waals surface area contributed by atoms with Gasteiger partial charge in [-0.05, 0) is 62.1 Å². The SMILES string of the molecule is Cc1c(Br)cc(N)c(N)c1C.Cc1c(Br)cc2n[nH]nc2c1C.O. The normalized spacial score (nSPS) is 10.1. The molecule has 0 aliphatic carbocycles. The van der Waals surface area contributed by atoms with Gasteiger partial charge in [0.2, 0.25) is 0 Å². The zero-order chi connectivity index (χ0) is 17.3. The summed E-state index contributed by atoms with van der Waals surface area (Å²) in [5.41, 5.74) is 19.1. The van der Waals surface area contributed by atoms with Gasteiger partial charge in [0.05, 0.1) is 11.4 Å². The van der Waals surface area contributed by atoms with Gasteiger partial charge >= 0.3 is 0 Å². The van der Waals surface area contributed by atoms with Gasteiger partial charge in [0.1, 0.15) is 11.0 Å². The molecule has 0 aliphatic rings. The van der Waals surface area contributed by atoms with Crippen LogP contribution in [0.2, 0.25) is 0 Å². The zero-order valence-electron chi connectivity index (χ0n) is 14.0. The van der Waals surface area contributed by atoms with Crippen LogP contribution in [-0.2, 0) is 0 Å². The number of benzene rings is 2. The molecule has 0 atom stereocenters. The summed E-state index contributed by atoms with van der Waals surface area (Å²) in [6.45, 7) is 8.08. The van der Waals surface area contributed by atoms with Crippen molar-refractivity contribution in [1.29, 1.82) is 0 Å². The van der Waals surface area contributed by atoms with E-state index in [0.717, 1.165) is 31.1 Å². The Hall–Kier alpha value is -1.64. The fraction of sp³-hybridized carbons (Fsp3) is 0.250. The molecule has 6 nitrogen and oxygen atoms in total. The van der Waals surface area contributed by atoms with Crippen molar-refractivity contribution in [3.63, 3.8) is 0 Å². The van der Waals surface area contributed by atoms with Crippen molar-refractivity contribution in [2.75, 3.05) is 11.5 Å². The number of H-pyrrole nitrogens is 1. The van der Waals surface area contributed by atoms with Crippen molar-refractivity contribution in [2.24, 2.45) is 0 Å². The molecule has 0 saturated carbocycles. The Bertz CT molecular complexity index is 851. The van der Waals surface area contributed by atoms with Crippen molar-refractivity contribution in [3.8, 4) is 0 Å². The molecule has 1 aromatic heterocycles. The number of nitrogens with two attached hydrogens (primary N) is 2. The molecule has 24 heavy (non-hydrogen) atoms. The van der Waals surface area contributed by atoms with E-state index in [4.69, 9.17) is 11.5 Å². The van der Waals surface area contributed by atoms with Crippen molar-refractivity contribution in [2.45, 2.75) is 27.7 Å². The molecule has 3 aromatic rings. The van der Waals surface area contributed by atoms with E-state index >= 15 is 0 Å². The van der Waals surface area contributed by atoms with E-state index < -0.39 is 0 Å². The van der Waals surface area contributed by atoms with Crippen LogP contribution in [0.4, 0.5) is 11.4 Å². The largest absolute Gasteiger partial charge is 0.412 e. The predicted octanol–water partition coefficient (Wildman–Crippen LogP) is 3.74. The average molecular weight is 459 g/mol. The topological polar surface area (TPSA) is 125 Å². The minimum atomic E-state index is 0. The first-order chi connectivity index (χ1) is 10.7. The fourth-order valence-electron chi connectivity index (χ4n) is 2.12. The first-order valence-electron chi connectivity index (χ1n) is 7.00. The minimum absolute atomic E-state index is 0. The van der Waals surface area contributed by atoms with Crippen LogP contribution in [0.3, 0.4) is 0 Å². The van der Waals surface area contributed by atoms with Gasteiger partial charge in [-0.2, -0.15) is 15.4 Å². The molecule has 130 valence electrons.